The highest BCUT2D eigenvalue weighted by molar-refractivity contribution is 7.99. The lowest BCUT2D eigenvalue weighted by molar-refractivity contribution is -0.120. The number of para-hydroxylation sites is 1. The van der Waals surface area contributed by atoms with Gasteiger partial charge in [-0.15, -0.1) is 11.8 Å². The van der Waals surface area contributed by atoms with Crippen molar-refractivity contribution in [1.82, 2.24) is 5.32 Å². The second-order valence-electron chi connectivity index (χ2n) is 4.73. The quantitative estimate of drug-likeness (QED) is 0.791. The Morgan fingerprint density at radius 3 is 2.90 bits per heavy atom. The molecule has 2 atom stereocenters. The molecule has 1 aliphatic heterocycles. The Hall–Kier alpha value is -1.04. The molecular formula is C15H22N2O2S. The molecular weight excluding hydrogens is 272 g/mol. The summed E-state index contributed by atoms with van der Waals surface area (Å²) in [7, 11) is 0. The summed E-state index contributed by atoms with van der Waals surface area (Å²) in [6.45, 7) is 6.10. The minimum atomic E-state index is -0.116. The molecule has 0 bridgehead atoms. The number of rotatable bonds is 6. The maximum Gasteiger partial charge on any atom is 0.231 e. The zero-order valence-corrected chi connectivity index (χ0v) is 12.8. The first-order valence-corrected chi connectivity index (χ1v) is 8.08. The van der Waals surface area contributed by atoms with Crippen molar-refractivity contribution in [1.29, 1.82) is 0 Å². The summed E-state index contributed by atoms with van der Waals surface area (Å²) >= 11 is 1.74. The number of ether oxygens (including phenoxy) is 1. The van der Waals surface area contributed by atoms with Gasteiger partial charge in [-0.3, -0.25) is 4.79 Å². The van der Waals surface area contributed by atoms with Crippen LogP contribution in [0.2, 0.25) is 0 Å². The third-order valence-corrected chi connectivity index (χ3v) is 4.28. The van der Waals surface area contributed by atoms with Crippen LogP contribution in [0, 0.1) is 5.92 Å². The van der Waals surface area contributed by atoms with Gasteiger partial charge in [-0.25, -0.2) is 0 Å². The van der Waals surface area contributed by atoms with Crippen molar-refractivity contribution in [2.45, 2.75) is 24.8 Å². The molecule has 20 heavy (non-hydrogen) atoms. The monoisotopic (exact) mass is 294 g/mol. The number of nitrogens with one attached hydrogen (secondary N) is 2. The molecule has 1 aliphatic rings. The van der Waals surface area contributed by atoms with Crippen molar-refractivity contribution in [2.75, 3.05) is 30.8 Å². The molecule has 110 valence electrons. The molecule has 1 fully saturated rings. The van der Waals surface area contributed by atoms with Crippen molar-refractivity contribution < 1.29 is 9.53 Å². The van der Waals surface area contributed by atoms with Crippen molar-refractivity contribution in [2.24, 2.45) is 5.92 Å². The zero-order valence-electron chi connectivity index (χ0n) is 12.0. The van der Waals surface area contributed by atoms with Crippen LogP contribution in [0.25, 0.3) is 0 Å². The molecule has 1 saturated heterocycles. The van der Waals surface area contributed by atoms with E-state index in [1.54, 1.807) is 11.8 Å². The highest BCUT2D eigenvalue weighted by Gasteiger charge is 2.33. The van der Waals surface area contributed by atoms with Crippen LogP contribution in [0.15, 0.2) is 29.2 Å². The van der Waals surface area contributed by atoms with Crippen LogP contribution in [0.5, 0.6) is 0 Å². The van der Waals surface area contributed by atoms with Crippen molar-refractivity contribution in [3.63, 3.8) is 0 Å². The average molecular weight is 294 g/mol. The molecule has 0 aromatic heterocycles. The third-order valence-electron chi connectivity index (χ3n) is 3.33. The summed E-state index contributed by atoms with van der Waals surface area (Å²) in [5, 5.41) is 6.36. The second kappa shape index (κ2) is 7.67. The molecule has 0 radical (unpaired) electrons. The molecule has 1 heterocycles. The van der Waals surface area contributed by atoms with E-state index in [0.717, 1.165) is 22.9 Å². The summed E-state index contributed by atoms with van der Waals surface area (Å²) in [6, 6.07) is 8.05. The molecule has 1 amide bonds. The fourth-order valence-corrected chi connectivity index (χ4v) is 3.11. The highest BCUT2D eigenvalue weighted by Crippen LogP contribution is 2.27. The predicted molar refractivity (Wildman–Crippen MR) is 83.2 cm³/mol. The van der Waals surface area contributed by atoms with Gasteiger partial charge >= 0.3 is 0 Å². The first kappa shape index (κ1) is 15.4. The minimum absolute atomic E-state index is 0.0394. The number of hydrogen-bond donors (Lipinski definition) is 2. The maximum atomic E-state index is 12.4. The molecule has 4 nitrogen and oxygen atoms in total. The number of carbonyl (C=O) groups excluding carboxylic acids is 1. The van der Waals surface area contributed by atoms with Crippen LogP contribution >= 0.6 is 11.8 Å². The smallest absolute Gasteiger partial charge is 0.231 e. The van der Waals surface area contributed by atoms with E-state index in [4.69, 9.17) is 4.74 Å². The third kappa shape index (κ3) is 3.75. The highest BCUT2D eigenvalue weighted by atomic mass is 32.2. The molecule has 1 aromatic rings. The van der Waals surface area contributed by atoms with Gasteiger partial charge in [-0.1, -0.05) is 26.0 Å². The standard InChI is InChI=1S/C15H22N2O2S/c1-3-16-13-10-19-9-11(13)15(18)17-12-7-5-6-8-14(12)20-4-2/h5-8,11,13,16H,3-4,9-10H2,1-2H3,(H,17,18). The van der Waals surface area contributed by atoms with Crippen LogP contribution in [0.3, 0.4) is 0 Å². The number of likely N-dealkylation sites (N-methyl/N-ethyl adjacent to an activating group) is 1. The normalized spacial score (nSPS) is 21.9. The molecule has 0 aliphatic carbocycles. The summed E-state index contributed by atoms with van der Waals surface area (Å²) in [5.41, 5.74) is 0.895. The Kier molecular flexibility index (Phi) is 5.88. The Morgan fingerprint density at radius 1 is 1.35 bits per heavy atom. The molecule has 1 aromatic carbocycles. The Bertz CT molecular complexity index is 453. The van der Waals surface area contributed by atoms with E-state index >= 15 is 0 Å². The number of anilines is 1. The second-order valence-corrected chi connectivity index (χ2v) is 6.03. The van der Waals surface area contributed by atoms with Crippen molar-refractivity contribution >= 4 is 23.4 Å². The molecule has 2 unspecified atom stereocenters. The largest absolute Gasteiger partial charge is 0.379 e. The maximum absolute atomic E-state index is 12.4. The molecule has 2 rings (SSSR count). The van der Waals surface area contributed by atoms with Gasteiger partial charge in [-0.05, 0) is 24.4 Å². The van der Waals surface area contributed by atoms with Gasteiger partial charge in [0, 0.05) is 10.9 Å². The van der Waals surface area contributed by atoms with E-state index < -0.39 is 0 Å². The van der Waals surface area contributed by atoms with E-state index in [1.807, 2.05) is 31.2 Å². The number of carbonyl (C=O) groups is 1. The van der Waals surface area contributed by atoms with Gasteiger partial charge in [0.1, 0.15) is 0 Å². The van der Waals surface area contributed by atoms with Crippen molar-refractivity contribution in [3.05, 3.63) is 24.3 Å². The lowest BCUT2D eigenvalue weighted by Crippen LogP contribution is -2.41. The van der Waals surface area contributed by atoms with E-state index in [1.165, 1.54) is 0 Å². The molecule has 5 heteroatoms. The van der Waals surface area contributed by atoms with E-state index in [-0.39, 0.29) is 17.9 Å². The van der Waals surface area contributed by atoms with E-state index in [2.05, 4.69) is 17.6 Å². The summed E-state index contributed by atoms with van der Waals surface area (Å²) in [4.78, 5) is 13.5. The Labute approximate surface area is 124 Å². The summed E-state index contributed by atoms with van der Waals surface area (Å²) in [5.74, 6) is 0.909. The lowest BCUT2D eigenvalue weighted by atomic mass is 10.0. The first-order chi connectivity index (χ1) is 9.76. The van der Waals surface area contributed by atoms with Gasteiger partial charge in [0.05, 0.1) is 24.8 Å². The Morgan fingerprint density at radius 2 is 2.15 bits per heavy atom. The molecule has 2 N–H and O–H groups in total. The number of benzene rings is 1. The van der Waals surface area contributed by atoms with Crippen LogP contribution in [-0.2, 0) is 9.53 Å². The van der Waals surface area contributed by atoms with Gasteiger partial charge in [-0.2, -0.15) is 0 Å². The van der Waals surface area contributed by atoms with Gasteiger partial charge in [0.25, 0.3) is 0 Å². The molecule has 0 saturated carbocycles. The van der Waals surface area contributed by atoms with E-state index in [0.29, 0.717) is 13.2 Å². The summed E-state index contributed by atoms with van der Waals surface area (Å²) in [6.07, 6.45) is 0. The fraction of sp³-hybridized carbons (Fsp3) is 0.533. The van der Waals surface area contributed by atoms with Gasteiger partial charge in [0.15, 0.2) is 0 Å². The SMILES string of the molecule is CCNC1COCC1C(=O)Nc1ccccc1SCC. The number of hydrogen-bond acceptors (Lipinski definition) is 4. The van der Waals surface area contributed by atoms with Crippen LogP contribution in [0.1, 0.15) is 13.8 Å². The zero-order chi connectivity index (χ0) is 14.4. The topological polar surface area (TPSA) is 50.4 Å². The number of amides is 1. The van der Waals surface area contributed by atoms with Crippen LogP contribution < -0.4 is 10.6 Å². The summed E-state index contributed by atoms with van der Waals surface area (Å²) < 4.78 is 5.43. The van der Waals surface area contributed by atoms with E-state index in [9.17, 15) is 4.79 Å². The Balaban J connectivity index is 2.04. The first-order valence-electron chi connectivity index (χ1n) is 7.10. The number of thioether (sulfide) groups is 1. The fourth-order valence-electron chi connectivity index (χ4n) is 2.35. The predicted octanol–water partition coefficient (Wildman–Crippen LogP) is 2.36. The average Bonchev–Trinajstić information content (AvgIpc) is 2.90. The minimum Gasteiger partial charge on any atom is -0.379 e. The van der Waals surface area contributed by atoms with Crippen LogP contribution in [-0.4, -0.2) is 37.5 Å². The molecule has 0 spiro atoms. The van der Waals surface area contributed by atoms with Crippen LogP contribution in [0.4, 0.5) is 5.69 Å². The lowest BCUT2D eigenvalue weighted by Gasteiger charge is -2.18. The van der Waals surface area contributed by atoms with Gasteiger partial charge < -0.3 is 15.4 Å². The van der Waals surface area contributed by atoms with Gasteiger partial charge in [0.2, 0.25) is 5.91 Å². The van der Waals surface area contributed by atoms with Crippen molar-refractivity contribution in [3.8, 4) is 0 Å².